The number of methoxy groups -OCH3 is 1. The molecular weight excluding hydrogens is 210 g/mol. The lowest BCUT2D eigenvalue weighted by Gasteiger charge is -2.16. The second-order valence-corrected chi connectivity index (χ2v) is 3.20. The zero-order valence-electron chi connectivity index (χ0n) is 8.84. The standard InChI is InChI=1S/C11H13NO4/c1-16-11(15)12-9(7-10(13)14)8-5-3-2-4-6-8/h2-6,9H,7H2,1H3,(H,12,15)(H,13,14). The van der Waals surface area contributed by atoms with Gasteiger partial charge in [-0.15, -0.1) is 0 Å². The van der Waals surface area contributed by atoms with Crippen molar-refractivity contribution >= 4 is 12.1 Å². The summed E-state index contributed by atoms with van der Waals surface area (Å²) >= 11 is 0. The number of alkyl carbamates (subject to hydrolysis) is 1. The molecule has 1 aromatic rings. The molecule has 0 saturated carbocycles. The average Bonchev–Trinajstić information content (AvgIpc) is 2.28. The molecule has 0 radical (unpaired) electrons. The highest BCUT2D eigenvalue weighted by Gasteiger charge is 2.17. The Morgan fingerprint density at radius 1 is 1.38 bits per heavy atom. The molecule has 0 aliphatic heterocycles. The summed E-state index contributed by atoms with van der Waals surface area (Å²) in [7, 11) is 1.23. The lowest BCUT2D eigenvalue weighted by Crippen LogP contribution is -2.29. The van der Waals surface area contributed by atoms with Crippen LogP contribution in [0.5, 0.6) is 0 Å². The maximum atomic E-state index is 11.1. The van der Waals surface area contributed by atoms with Crippen LogP contribution in [-0.4, -0.2) is 24.3 Å². The number of hydrogen-bond donors (Lipinski definition) is 2. The molecule has 0 saturated heterocycles. The Bertz CT molecular complexity index is 364. The maximum Gasteiger partial charge on any atom is 0.407 e. The molecule has 1 atom stereocenters. The van der Waals surface area contributed by atoms with E-state index in [1.807, 2.05) is 6.07 Å². The molecule has 0 spiro atoms. The normalized spacial score (nSPS) is 11.6. The minimum absolute atomic E-state index is 0.181. The molecule has 2 N–H and O–H groups in total. The van der Waals surface area contributed by atoms with Crippen molar-refractivity contribution in [3.63, 3.8) is 0 Å². The van der Waals surface area contributed by atoms with Gasteiger partial charge in [-0.2, -0.15) is 0 Å². The molecule has 5 nitrogen and oxygen atoms in total. The third-order valence-corrected chi connectivity index (χ3v) is 2.06. The molecule has 0 aliphatic rings. The van der Waals surface area contributed by atoms with E-state index in [1.54, 1.807) is 24.3 Å². The van der Waals surface area contributed by atoms with Crippen LogP contribution in [0.15, 0.2) is 30.3 Å². The number of carboxylic acids is 1. The minimum Gasteiger partial charge on any atom is -0.481 e. The molecule has 0 fully saturated rings. The van der Waals surface area contributed by atoms with Gasteiger partial charge in [0.05, 0.1) is 19.6 Å². The number of benzene rings is 1. The van der Waals surface area contributed by atoms with Gasteiger partial charge in [-0.25, -0.2) is 4.79 Å². The Hall–Kier alpha value is -2.04. The fourth-order valence-electron chi connectivity index (χ4n) is 1.31. The number of rotatable bonds is 4. The lowest BCUT2D eigenvalue weighted by molar-refractivity contribution is -0.137. The van der Waals surface area contributed by atoms with Crippen molar-refractivity contribution in [2.75, 3.05) is 7.11 Å². The van der Waals surface area contributed by atoms with E-state index in [0.29, 0.717) is 0 Å². The fourth-order valence-corrected chi connectivity index (χ4v) is 1.31. The van der Waals surface area contributed by atoms with E-state index in [0.717, 1.165) is 5.56 Å². The molecular formula is C11H13NO4. The first-order valence-electron chi connectivity index (χ1n) is 4.74. The highest BCUT2D eigenvalue weighted by Crippen LogP contribution is 2.16. The molecule has 1 aromatic carbocycles. The van der Waals surface area contributed by atoms with Crippen LogP contribution in [0.1, 0.15) is 18.0 Å². The van der Waals surface area contributed by atoms with Gasteiger partial charge in [-0.05, 0) is 5.56 Å². The zero-order valence-corrected chi connectivity index (χ0v) is 8.84. The highest BCUT2D eigenvalue weighted by molar-refractivity contribution is 5.71. The van der Waals surface area contributed by atoms with Gasteiger partial charge >= 0.3 is 12.1 Å². The largest absolute Gasteiger partial charge is 0.481 e. The first-order chi connectivity index (χ1) is 7.63. The number of carboxylic acid groups (broad SMARTS) is 1. The van der Waals surface area contributed by atoms with Crippen molar-refractivity contribution in [2.45, 2.75) is 12.5 Å². The predicted octanol–water partition coefficient (Wildman–Crippen LogP) is 1.56. The summed E-state index contributed by atoms with van der Waals surface area (Å²) in [5.41, 5.74) is 0.732. The Kier molecular flexibility index (Phi) is 4.32. The first-order valence-corrected chi connectivity index (χ1v) is 4.74. The van der Waals surface area contributed by atoms with Crippen molar-refractivity contribution in [1.82, 2.24) is 5.32 Å². The summed E-state index contributed by atoms with van der Waals surface area (Å²) in [6.07, 6.45) is -0.825. The second kappa shape index (κ2) is 5.75. The van der Waals surface area contributed by atoms with Gasteiger partial charge in [0.1, 0.15) is 0 Å². The smallest absolute Gasteiger partial charge is 0.407 e. The zero-order chi connectivity index (χ0) is 12.0. The topological polar surface area (TPSA) is 75.6 Å². The van der Waals surface area contributed by atoms with Gasteiger partial charge in [-0.1, -0.05) is 30.3 Å². The maximum absolute atomic E-state index is 11.1. The summed E-state index contributed by atoms with van der Waals surface area (Å²) in [5, 5.41) is 11.2. The van der Waals surface area contributed by atoms with Gasteiger partial charge in [0.25, 0.3) is 0 Å². The van der Waals surface area contributed by atoms with Gasteiger partial charge in [-0.3, -0.25) is 4.79 Å². The number of amides is 1. The van der Waals surface area contributed by atoms with E-state index in [-0.39, 0.29) is 6.42 Å². The lowest BCUT2D eigenvalue weighted by atomic mass is 10.0. The van der Waals surface area contributed by atoms with Gasteiger partial charge in [0, 0.05) is 0 Å². The fraction of sp³-hybridized carbons (Fsp3) is 0.273. The van der Waals surface area contributed by atoms with Crippen LogP contribution >= 0.6 is 0 Å². The summed E-state index contributed by atoms with van der Waals surface area (Å²) in [4.78, 5) is 21.7. The van der Waals surface area contributed by atoms with Gasteiger partial charge in [0.2, 0.25) is 0 Å². The first kappa shape index (κ1) is 12.0. The van der Waals surface area contributed by atoms with Crippen molar-refractivity contribution in [3.05, 3.63) is 35.9 Å². The van der Waals surface area contributed by atoms with E-state index in [1.165, 1.54) is 7.11 Å². The quantitative estimate of drug-likeness (QED) is 0.812. The molecule has 1 unspecified atom stereocenters. The average molecular weight is 223 g/mol. The van der Waals surface area contributed by atoms with Gasteiger partial charge in [0.15, 0.2) is 0 Å². The van der Waals surface area contributed by atoms with E-state index in [2.05, 4.69) is 10.1 Å². The van der Waals surface area contributed by atoms with Crippen LogP contribution in [0.4, 0.5) is 4.79 Å². The van der Waals surface area contributed by atoms with Crippen molar-refractivity contribution in [3.8, 4) is 0 Å². The molecule has 16 heavy (non-hydrogen) atoms. The van der Waals surface area contributed by atoms with E-state index >= 15 is 0 Å². The van der Waals surface area contributed by atoms with E-state index in [9.17, 15) is 9.59 Å². The number of carbonyl (C=O) groups is 2. The molecule has 1 amide bonds. The third-order valence-electron chi connectivity index (χ3n) is 2.06. The molecule has 0 aromatic heterocycles. The summed E-state index contributed by atoms with van der Waals surface area (Å²) < 4.78 is 4.44. The SMILES string of the molecule is COC(=O)NC(CC(=O)O)c1ccccc1. The van der Waals surface area contributed by atoms with Crippen molar-refractivity contribution in [1.29, 1.82) is 0 Å². The van der Waals surface area contributed by atoms with E-state index in [4.69, 9.17) is 5.11 Å². The number of nitrogens with one attached hydrogen (secondary N) is 1. The van der Waals surface area contributed by atoms with Crippen LogP contribution in [0, 0.1) is 0 Å². The molecule has 5 heteroatoms. The van der Waals surface area contributed by atoms with Crippen molar-refractivity contribution in [2.24, 2.45) is 0 Å². The Balaban J connectivity index is 2.79. The predicted molar refractivity (Wildman–Crippen MR) is 57.0 cm³/mol. The molecule has 86 valence electrons. The Labute approximate surface area is 93.0 Å². The molecule has 1 rings (SSSR count). The molecule has 0 aliphatic carbocycles. The van der Waals surface area contributed by atoms with Crippen LogP contribution in [-0.2, 0) is 9.53 Å². The number of hydrogen-bond acceptors (Lipinski definition) is 3. The van der Waals surface area contributed by atoms with Crippen LogP contribution in [0.2, 0.25) is 0 Å². The van der Waals surface area contributed by atoms with Crippen LogP contribution in [0.25, 0.3) is 0 Å². The Morgan fingerprint density at radius 2 is 2.00 bits per heavy atom. The summed E-state index contributed by atoms with van der Waals surface area (Å²) in [6.45, 7) is 0. The summed E-state index contributed by atoms with van der Waals surface area (Å²) in [5.74, 6) is -0.981. The highest BCUT2D eigenvalue weighted by atomic mass is 16.5. The minimum atomic E-state index is -0.981. The Morgan fingerprint density at radius 3 is 2.50 bits per heavy atom. The van der Waals surface area contributed by atoms with Gasteiger partial charge < -0.3 is 15.2 Å². The third kappa shape index (κ3) is 3.61. The molecule has 0 heterocycles. The summed E-state index contributed by atoms with van der Waals surface area (Å²) in [6, 6.07) is 8.31. The second-order valence-electron chi connectivity index (χ2n) is 3.20. The van der Waals surface area contributed by atoms with Crippen molar-refractivity contribution < 1.29 is 19.4 Å². The number of ether oxygens (including phenoxy) is 1. The monoisotopic (exact) mass is 223 g/mol. The number of carbonyl (C=O) groups excluding carboxylic acids is 1. The van der Waals surface area contributed by atoms with E-state index < -0.39 is 18.1 Å². The molecule has 0 bridgehead atoms. The van der Waals surface area contributed by atoms with Crippen LogP contribution in [0.3, 0.4) is 0 Å². The van der Waals surface area contributed by atoms with Crippen LogP contribution < -0.4 is 5.32 Å². The number of aliphatic carboxylic acids is 1.